The van der Waals surface area contributed by atoms with Gasteiger partial charge in [-0.25, -0.2) is 13.9 Å². The molecule has 1 saturated heterocycles. The second kappa shape index (κ2) is 37.3. The third kappa shape index (κ3) is 29.6. The maximum Gasteiger partial charge on any atom is 0.481 e. The van der Waals surface area contributed by atoms with E-state index in [1.807, 2.05) is 0 Å². The quantitative estimate of drug-likeness (QED) is 0.0176. The van der Waals surface area contributed by atoms with Crippen LogP contribution in [0.3, 0.4) is 0 Å². The summed E-state index contributed by atoms with van der Waals surface area (Å²) >= 11 is 0. The van der Waals surface area contributed by atoms with E-state index < -0.39 is 83.7 Å². The van der Waals surface area contributed by atoms with Crippen LogP contribution in [0.1, 0.15) is 213 Å². The lowest BCUT2D eigenvalue weighted by molar-refractivity contribution is -0.161. The topological polar surface area (TPSA) is 265 Å². The van der Waals surface area contributed by atoms with Crippen LogP contribution in [0.2, 0.25) is 0 Å². The van der Waals surface area contributed by atoms with Crippen molar-refractivity contribution in [1.29, 1.82) is 0 Å². The first-order valence-electron chi connectivity index (χ1n) is 25.7. The zero-order chi connectivity index (χ0) is 49.9. The molecule has 2 rings (SSSR count). The van der Waals surface area contributed by atoms with Crippen molar-refractivity contribution >= 4 is 33.4 Å². The first kappa shape index (κ1) is 61.6. The van der Waals surface area contributed by atoms with Crippen LogP contribution in [-0.4, -0.2) is 85.7 Å². The Bertz CT molecular complexity index is 1680. The van der Waals surface area contributed by atoms with Gasteiger partial charge in [-0.1, -0.05) is 167 Å². The number of unbranched alkanes of at least 4 members (excludes halogenated alkanes) is 25. The van der Waals surface area contributed by atoms with Crippen LogP contribution in [0.4, 0.5) is 5.82 Å². The van der Waals surface area contributed by atoms with E-state index in [-0.39, 0.29) is 18.7 Å². The highest BCUT2D eigenvalue weighted by molar-refractivity contribution is 7.61. The van der Waals surface area contributed by atoms with Gasteiger partial charge in [-0.3, -0.25) is 23.2 Å². The van der Waals surface area contributed by atoms with Crippen molar-refractivity contribution in [3.05, 3.63) is 34.9 Å². The van der Waals surface area contributed by atoms with Gasteiger partial charge in [0.2, 0.25) is 0 Å². The largest absolute Gasteiger partial charge is 0.481 e. The Morgan fingerprint density at radius 1 is 0.691 bits per heavy atom. The zero-order valence-electron chi connectivity index (χ0n) is 41.2. The van der Waals surface area contributed by atoms with Crippen LogP contribution >= 0.6 is 15.6 Å². The minimum atomic E-state index is -5.42. The maximum atomic E-state index is 12.9. The van der Waals surface area contributed by atoms with Crippen LogP contribution in [0, 0.1) is 0 Å². The number of anilines is 1. The van der Waals surface area contributed by atoms with E-state index in [4.69, 9.17) is 29.0 Å². The molecule has 2 heterocycles. The molecule has 18 nitrogen and oxygen atoms in total. The highest BCUT2D eigenvalue weighted by Crippen LogP contribution is 2.60. The number of esters is 2. The van der Waals surface area contributed by atoms with Gasteiger partial charge in [-0.15, -0.1) is 0 Å². The molecule has 1 fully saturated rings. The van der Waals surface area contributed by atoms with Gasteiger partial charge < -0.3 is 39.9 Å². The zero-order valence-corrected chi connectivity index (χ0v) is 43.0. The Labute approximate surface area is 405 Å². The number of aliphatic hydroxyl groups is 2. The van der Waals surface area contributed by atoms with E-state index in [0.717, 1.165) is 75.2 Å². The molecule has 0 aliphatic carbocycles. The number of nitrogen functional groups attached to an aromatic ring is 1. The van der Waals surface area contributed by atoms with Crippen molar-refractivity contribution in [2.75, 3.05) is 25.6 Å². The number of rotatable bonds is 43. The molecule has 1 aromatic heterocycles. The van der Waals surface area contributed by atoms with E-state index in [1.165, 1.54) is 109 Å². The highest BCUT2D eigenvalue weighted by atomic mass is 31.3. The Morgan fingerprint density at radius 2 is 1.15 bits per heavy atom. The summed E-state index contributed by atoms with van der Waals surface area (Å²) in [6, 6.07) is 1.25. The summed E-state index contributed by atoms with van der Waals surface area (Å²) in [5, 5.41) is 20.9. The fraction of sp³-hybridized carbons (Fsp3) is 0.833. The first-order valence-corrected chi connectivity index (χ1v) is 28.7. The van der Waals surface area contributed by atoms with Crippen molar-refractivity contribution in [1.82, 2.24) is 9.55 Å². The molecular weight excluding hydrogens is 920 g/mol. The smallest absolute Gasteiger partial charge is 0.462 e. The maximum absolute atomic E-state index is 12.9. The van der Waals surface area contributed by atoms with E-state index in [0.29, 0.717) is 12.8 Å². The minimum Gasteiger partial charge on any atom is -0.462 e. The Balaban J connectivity index is 1.79. The summed E-state index contributed by atoms with van der Waals surface area (Å²) in [7, 11) is -10.8. The van der Waals surface area contributed by atoms with Crippen LogP contribution in [-0.2, 0) is 46.3 Å². The molecule has 68 heavy (non-hydrogen) atoms. The number of allylic oxidation sites excluding steroid dienone is 2. The first-order chi connectivity index (χ1) is 32.7. The second-order valence-corrected chi connectivity index (χ2v) is 21.1. The lowest BCUT2D eigenvalue weighted by Crippen LogP contribution is -2.36. The average molecular weight is 1010 g/mol. The highest BCUT2D eigenvalue weighted by Gasteiger charge is 2.46. The van der Waals surface area contributed by atoms with Crippen molar-refractivity contribution < 1.29 is 66.3 Å². The van der Waals surface area contributed by atoms with Gasteiger partial charge in [-0.05, 0) is 44.6 Å². The number of phosphoric acid groups is 2. The number of carbonyl (C=O) groups excluding carboxylic acids is 2. The molecule has 1 aliphatic rings. The molecule has 0 saturated carbocycles. The number of nitrogens with two attached hydrogens (primary N) is 1. The molecule has 0 radical (unpaired) electrons. The van der Waals surface area contributed by atoms with Crippen molar-refractivity contribution in [3.63, 3.8) is 0 Å². The van der Waals surface area contributed by atoms with Crippen LogP contribution in [0.5, 0.6) is 0 Å². The molecule has 0 aromatic carbocycles. The SMILES string of the molecule is CCCCCC/C=C\CCCCCCCCCC(=O)OC[C@H](COP(=O)(O)OP(=O)(O)OC[C@H]1O[C@@H](n2ccc(N)nc2=O)C(O)[C@H]1O)OC(=O)CCCCCCCCCCCCCCCCC. The molecule has 1 aliphatic heterocycles. The Hall–Kier alpha value is -2.50. The van der Waals surface area contributed by atoms with Gasteiger partial charge in [0.15, 0.2) is 12.3 Å². The van der Waals surface area contributed by atoms with E-state index >= 15 is 0 Å². The number of hydrogen-bond donors (Lipinski definition) is 5. The fourth-order valence-electron chi connectivity index (χ4n) is 7.84. The molecule has 3 unspecified atom stereocenters. The summed E-state index contributed by atoms with van der Waals surface area (Å²) in [5.41, 5.74) is 4.59. The summed E-state index contributed by atoms with van der Waals surface area (Å²) in [5.74, 6) is -1.29. The predicted octanol–water partition coefficient (Wildman–Crippen LogP) is 10.4. The van der Waals surface area contributed by atoms with Crippen molar-refractivity contribution in [2.24, 2.45) is 0 Å². The van der Waals surface area contributed by atoms with Crippen LogP contribution in [0.25, 0.3) is 0 Å². The Morgan fingerprint density at radius 3 is 1.66 bits per heavy atom. The monoisotopic (exact) mass is 1010 g/mol. The molecule has 0 amide bonds. The van der Waals surface area contributed by atoms with E-state index in [9.17, 15) is 43.5 Å². The molecule has 20 heteroatoms. The second-order valence-electron chi connectivity index (χ2n) is 18.0. The van der Waals surface area contributed by atoms with Gasteiger partial charge in [0.25, 0.3) is 0 Å². The van der Waals surface area contributed by atoms with Gasteiger partial charge in [0.05, 0.1) is 13.2 Å². The predicted molar refractivity (Wildman–Crippen MR) is 261 cm³/mol. The number of carbonyl (C=O) groups is 2. The number of nitrogens with zero attached hydrogens (tertiary/aromatic N) is 2. The lowest BCUT2D eigenvalue weighted by atomic mass is 10.0. The molecule has 0 bridgehead atoms. The average Bonchev–Trinajstić information content (AvgIpc) is 3.57. The van der Waals surface area contributed by atoms with Gasteiger partial charge in [0.1, 0.15) is 30.7 Å². The van der Waals surface area contributed by atoms with Crippen LogP contribution < -0.4 is 11.4 Å². The minimum absolute atomic E-state index is 0.0552. The van der Waals surface area contributed by atoms with Crippen molar-refractivity contribution in [2.45, 2.75) is 237 Å². The summed E-state index contributed by atoms with van der Waals surface area (Å²) < 4.78 is 56.8. The van der Waals surface area contributed by atoms with Gasteiger partial charge in [-0.2, -0.15) is 9.29 Å². The van der Waals surface area contributed by atoms with Crippen molar-refractivity contribution in [3.8, 4) is 0 Å². The lowest BCUT2D eigenvalue weighted by Gasteiger charge is -2.21. The normalized spacial score (nSPS) is 19.5. The molecule has 6 N–H and O–H groups in total. The number of ether oxygens (including phenoxy) is 3. The Kier molecular flexibility index (Phi) is 33.8. The molecule has 7 atom stereocenters. The van der Waals surface area contributed by atoms with E-state index in [2.05, 4.69) is 35.3 Å². The number of aliphatic hydroxyl groups excluding tert-OH is 2. The molecule has 1 aromatic rings. The standard InChI is InChI=1S/C48H87N3O15P2/c1-3-5-7-9-11-13-15-17-19-21-23-25-27-29-31-33-43(52)61-37-40(64-44(53)34-32-30-28-26-24-22-20-18-16-14-12-10-8-6-4-2)38-62-67(57,58)66-68(59,60)63-39-41-45(54)46(55)47(65-41)51-36-35-42(49)50-48(51)56/h13,15,35-36,40-41,45-47,54-55H,3-12,14,16-34,37-39H2,1-2H3,(H,57,58)(H,59,60)(H2,49,50,56)/b15-13-/t40-,41-,45+,46?,47-/m1/s1. The van der Waals surface area contributed by atoms with Crippen LogP contribution in [0.15, 0.2) is 29.2 Å². The van der Waals surface area contributed by atoms with E-state index in [1.54, 1.807) is 0 Å². The third-order valence-corrected chi connectivity index (χ3v) is 14.5. The van der Waals surface area contributed by atoms with Gasteiger partial charge >= 0.3 is 33.3 Å². The fourth-order valence-corrected chi connectivity index (χ4v) is 9.95. The molecule has 0 spiro atoms. The van der Waals surface area contributed by atoms with Gasteiger partial charge in [0, 0.05) is 19.0 Å². The third-order valence-electron chi connectivity index (χ3n) is 11.9. The molecule has 394 valence electrons. The summed E-state index contributed by atoms with van der Waals surface area (Å²) in [4.78, 5) is 61.9. The number of hydrogen-bond acceptors (Lipinski definition) is 15. The summed E-state index contributed by atoms with van der Waals surface area (Å²) in [6.45, 7) is 2.16. The number of phosphoric ester groups is 2. The molecular formula is C48H87N3O15P2. The number of aromatic nitrogens is 2. The summed E-state index contributed by atoms with van der Waals surface area (Å²) in [6.07, 6.45) is 30.0.